The van der Waals surface area contributed by atoms with Gasteiger partial charge in [-0.2, -0.15) is 4.57 Å². The molecule has 0 atom stereocenters. The van der Waals surface area contributed by atoms with Crippen LogP contribution in [0, 0.1) is 0 Å². The van der Waals surface area contributed by atoms with E-state index in [0.717, 1.165) is 122 Å². The Labute approximate surface area is 632 Å². The second-order valence-corrected chi connectivity index (χ2v) is 29.2. The van der Waals surface area contributed by atoms with Crippen molar-refractivity contribution in [3.8, 4) is 84.0 Å². The number of phosphoric ester groups is 1. The van der Waals surface area contributed by atoms with Crippen LogP contribution in [0.4, 0.5) is 0 Å². The van der Waals surface area contributed by atoms with Crippen LogP contribution in [0.15, 0.2) is 400 Å². The number of hydrogen-bond donors (Lipinski definition) is 0. The molecular weight excluding hydrogens is 1320 g/mol. The van der Waals surface area contributed by atoms with Crippen molar-refractivity contribution in [2.24, 2.45) is 0 Å². The van der Waals surface area contributed by atoms with Crippen LogP contribution in [0.5, 0.6) is 17.2 Å². The van der Waals surface area contributed by atoms with E-state index in [9.17, 15) is 0 Å². The van der Waals surface area contributed by atoms with Crippen LogP contribution in [-0.2, 0) is 20.8 Å². The molecule has 0 bridgehead atoms. The molecule has 0 heterocycles. The van der Waals surface area contributed by atoms with Crippen molar-refractivity contribution < 1.29 is 18.1 Å². The summed E-state index contributed by atoms with van der Waals surface area (Å²) in [7, 11) is -4.73. The molecule has 0 spiro atoms. The summed E-state index contributed by atoms with van der Waals surface area (Å²) in [5, 5.41) is 0. The van der Waals surface area contributed by atoms with Crippen molar-refractivity contribution >= 4 is 7.82 Å². The van der Waals surface area contributed by atoms with E-state index in [1.54, 1.807) is 0 Å². The van der Waals surface area contributed by atoms with Gasteiger partial charge in [0.05, 0.1) is 0 Å². The first-order chi connectivity index (χ1) is 52.8. The Morgan fingerprint density at radius 3 is 0.533 bits per heavy atom. The zero-order valence-corrected chi connectivity index (χ0v) is 61.8. The number of benzene rings is 15. The highest BCUT2D eigenvalue weighted by molar-refractivity contribution is 7.49. The molecule has 0 aromatic heterocycles. The van der Waals surface area contributed by atoms with Crippen molar-refractivity contribution in [3.63, 3.8) is 0 Å². The molecule has 0 amide bonds. The highest BCUT2D eigenvalue weighted by atomic mass is 31.2. The van der Waals surface area contributed by atoms with Gasteiger partial charge in [-0.05, 0) is 172 Å². The second-order valence-electron chi connectivity index (χ2n) is 27.7. The van der Waals surface area contributed by atoms with Crippen molar-refractivity contribution in [1.29, 1.82) is 0 Å². The van der Waals surface area contributed by atoms with Gasteiger partial charge in [-0.1, -0.05) is 404 Å². The number of rotatable bonds is 27. The van der Waals surface area contributed by atoms with Gasteiger partial charge in [-0.15, -0.1) is 0 Å². The Morgan fingerprint density at radius 1 is 0.206 bits per heavy atom. The third-order valence-corrected chi connectivity index (χ3v) is 22.7. The standard InChI is InChI=1S/C102H87O4P/c1-4-73-100(94-55-31-25-49-88(94)76-37-13-7-14-38-76,95-56-32-26-50-89(95)77-39-15-8-16-40-77)82-61-67-85(68-62-82)104-107(103,105-86-69-63-83(64-70-86)101(74-5-2,96-57-33-27-51-90(96)78-41-17-9-18-42-78)97-58-34-28-52-91(97)79-43-19-10-20-44-79)106-87-71-65-84(66-72-87)102(75-6-3,98-59-35-29-53-92(98)80-45-21-11-22-46-80)99-60-36-30-54-93(99)81-47-23-12-24-48-81/h7-72H,4-6,73-75H2,1-3H3. The zero-order chi connectivity index (χ0) is 72.9. The van der Waals surface area contributed by atoms with E-state index < -0.39 is 24.1 Å². The number of phosphoric acid groups is 1. The van der Waals surface area contributed by atoms with Gasteiger partial charge in [0.2, 0.25) is 0 Å². The van der Waals surface area contributed by atoms with Crippen LogP contribution < -0.4 is 13.6 Å². The van der Waals surface area contributed by atoms with E-state index in [1.807, 2.05) is 36.4 Å². The Kier molecular flexibility index (Phi) is 21.2. The second kappa shape index (κ2) is 32.1. The average Bonchev–Trinajstić information content (AvgIpc) is 0.743. The lowest BCUT2D eigenvalue weighted by molar-refractivity contribution is 0.298. The minimum absolute atomic E-state index is 0.317. The quantitative estimate of drug-likeness (QED) is 0.0380. The SMILES string of the molecule is CCCC(c1ccc(OP(=O)(Oc2ccc(C(CCC)(c3ccccc3-c3ccccc3)c3ccccc3-c3ccccc3)cc2)Oc2ccc(C(CCC)(c3ccccc3-c3ccccc3)c3ccccc3-c3ccccc3)cc2)cc1)(c1ccccc1-c1ccccc1)c1ccccc1-c1ccccc1. The van der Waals surface area contributed by atoms with E-state index in [0.29, 0.717) is 17.2 Å². The van der Waals surface area contributed by atoms with E-state index in [1.165, 1.54) is 33.4 Å². The molecule has 0 saturated heterocycles. The average molecular weight is 1410 g/mol. The van der Waals surface area contributed by atoms with Gasteiger partial charge in [0.15, 0.2) is 0 Å². The molecule has 0 unspecified atom stereocenters. The van der Waals surface area contributed by atoms with Gasteiger partial charge >= 0.3 is 7.82 Å². The third-order valence-electron chi connectivity index (χ3n) is 21.4. The van der Waals surface area contributed by atoms with Crippen molar-refractivity contribution in [2.75, 3.05) is 0 Å². The van der Waals surface area contributed by atoms with Crippen LogP contribution >= 0.6 is 7.82 Å². The monoisotopic (exact) mass is 1410 g/mol. The van der Waals surface area contributed by atoms with E-state index in [2.05, 4.69) is 385 Å². The molecule has 5 heteroatoms. The Balaban J connectivity index is 0.883. The molecule has 0 fully saturated rings. The van der Waals surface area contributed by atoms with Crippen molar-refractivity contribution in [1.82, 2.24) is 0 Å². The van der Waals surface area contributed by atoms with Gasteiger partial charge < -0.3 is 13.6 Å². The van der Waals surface area contributed by atoms with Gasteiger partial charge in [0.1, 0.15) is 17.2 Å². The van der Waals surface area contributed by atoms with Crippen molar-refractivity contribution in [3.05, 3.63) is 450 Å². The molecule has 107 heavy (non-hydrogen) atoms. The normalized spacial score (nSPS) is 11.8. The molecule has 524 valence electrons. The van der Waals surface area contributed by atoms with Crippen LogP contribution in [0.25, 0.3) is 66.8 Å². The lowest BCUT2D eigenvalue weighted by Crippen LogP contribution is -2.31. The molecule has 0 aliphatic rings. The molecule has 0 aliphatic heterocycles. The molecule has 0 radical (unpaired) electrons. The van der Waals surface area contributed by atoms with E-state index in [-0.39, 0.29) is 0 Å². The molecular formula is C102H87O4P. The predicted octanol–water partition coefficient (Wildman–Crippen LogP) is 27.7. The van der Waals surface area contributed by atoms with E-state index in [4.69, 9.17) is 13.6 Å². The Bertz CT molecular complexity index is 4680. The molecule has 4 nitrogen and oxygen atoms in total. The summed E-state index contributed by atoms with van der Waals surface area (Å²) in [6.07, 6.45) is 4.95. The molecule has 0 N–H and O–H groups in total. The van der Waals surface area contributed by atoms with Crippen LogP contribution in [0.3, 0.4) is 0 Å². The first-order valence-corrected chi connectivity index (χ1v) is 39.1. The van der Waals surface area contributed by atoms with Gasteiger partial charge in [-0.25, -0.2) is 0 Å². The summed E-state index contributed by atoms with van der Waals surface area (Å²) in [6.45, 7) is 6.79. The van der Waals surface area contributed by atoms with Crippen LogP contribution in [-0.4, -0.2) is 0 Å². The summed E-state index contributed by atoms with van der Waals surface area (Å²) in [5.41, 5.74) is 21.9. The maximum Gasteiger partial charge on any atom is 0.647 e. The minimum Gasteiger partial charge on any atom is -0.386 e. The summed E-state index contributed by atoms with van der Waals surface area (Å²) in [6, 6.07) is 142. The Morgan fingerprint density at radius 2 is 0.364 bits per heavy atom. The molecule has 15 rings (SSSR count). The summed E-state index contributed by atoms with van der Waals surface area (Å²) in [5.74, 6) is 0.951. The molecule has 0 saturated carbocycles. The third kappa shape index (κ3) is 14.1. The van der Waals surface area contributed by atoms with Crippen LogP contribution in [0.2, 0.25) is 0 Å². The molecule has 15 aromatic rings. The first-order valence-electron chi connectivity index (χ1n) is 37.7. The fourth-order valence-electron chi connectivity index (χ4n) is 16.9. The smallest absolute Gasteiger partial charge is 0.386 e. The minimum atomic E-state index is -4.73. The number of hydrogen-bond acceptors (Lipinski definition) is 4. The topological polar surface area (TPSA) is 44.8 Å². The fourth-order valence-corrected chi connectivity index (χ4v) is 18.2. The zero-order valence-electron chi connectivity index (χ0n) is 60.9. The molecule has 0 aliphatic carbocycles. The predicted molar refractivity (Wildman–Crippen MR) is 444 cm³/mol. The summed E-state index contributed by atoms with van der Waals surface area (Å²) >= 11 is 0. The lowest BCUT2D eigenvalue weighted by Gasteiger charge is -2.39. The Hall–Kier alpha value is -12.1. The van der Waals surface area contributed by atoms with Crippen molar-refractivity contribution in [2.45, 2.75) is 75.5 Å². The summed E-state index contributed by atoms with van der Waals surface area (Å²) < 4.78 is 37.6. The summed E-state index contributed by atoms with van der Waals surface area (Å²) in [4.78, 5) is 0. The maximum atomic E-state index is 16.7. The maximum absolute atomic E-state index is 16.7. The highest BCUT2D eigenvalue weighted by Gasteiger charge is 2.44. The highest BCUT2D eigenvalue weighted by Crippen LogP contribution is 2.57. The lowest BCUT2D eigenvalue weighted by atomic mass is 9.63. The van der Waals surface area contributed by atoms with Gasteiger partial charge in [-0.3, -0.25) is 0 Å². The fraction of sp³-hybridized carbons (Fsp3) is 0.118. The molecule has 15 aromatic carbocycles. The van der Waals surface area contributed by atoms with Gasteiger partial charge in [0, 0.05) is 16.2 Å². The largest absolute Gasteiger partial charge is 0.647 e. The van der Waals surface area contributed by atoms with E-state index >= 15 is 4.57 Å². The van der Waals surface area contributed by atoms with Crippen LogP contribution in [0.1, 0.15) is 109 Å². The van der Waals surface area contributed by atoms with Gasteiger partial charge in [0.25, 0.3) is 0 Å². The first kappa shape index (κ1) is 70.6.